The van der Waals surface area contributed by atoms with E-state index in [0.717, 1.165) is 38.3 Å². The minimum absolute atomic E-state index is 0.00910. The Morgan fingerprint density at radius 2 is 2.06 bits per heavy atom. The van der Waals surface area contributed by atoms with Crippen molar-refractivity contribution in [3.8, 4) is 0 Å². The smallest absolute Gasteiger partial charge is 0.220 e. The van der Waals surface area contributed by atoms with Crippen LogP contribution in [0.15, 0.2) is 12.4 Å². The van der Waals surface area contributed by atoms with Gasteiger partial charge in [0.1, 0.15) is 5.82 Å². The molecule has 2 rings (SSSR count). The third-order valence-corrected chi connectivity index (χ3v) is 3.14. The van der Waals surface area contributed by atoms with Crippen LogP contribution in [0.5, 0.6) is 0 Å². The minimum atomic E-state index is -0.463. The van der Waals surface area contributed by atoms with Crippen LogP contribution in [0, 0.1) is 5.82 Å². The first-order valence-electron chi connectivity index (χ1n) is 6.11. The topological polar surface area (TPSA) is 58.1 Å². The molecule has 0 unspecified atom stereocenters. The molecule has 0 aromatic carbocycles. The lowest BCUT2D eigenvalue weighted by atomic mass is 10.0. The summed E-state index contributed by atoms with van der Waals surface area (Å²) < 4.78 is 12.7. The lowest BCUT2D eigenvalue weighted by Crippen LogP contribution is -2.45. The van der Waals surface area contributed by atoms with Crippen LogP contribution in [0.4, 0.5) is 4.39 Å². The number of hydrogen-bond acceptors (Lipinski definition) is 4. The van der Waals surface area contributed by atoms with E-state index in [1.165, 1.54) is 0 Å². The summed E-state index contributed by atoms with van der Waals surface area (Å²) in [5.41, 5.74) is 0. The van der Waals surface area contributed by atoms with Crippen LogP contribution in [0.2, 0.25) is 0 Å². The summed E-state index contributed by atoms with van der Waals surface area (Å²) in [6, 6.07) is 0.220. The Morgan fingerprint density at radius 3 is 2.61 bits per heavy atom. The average Bonchev–Trinajstić information content (AvgIpc) is 2.38. The molecule has 0 bridgehead atoms. The molecule has 98 valence electrons. The van der Waals surface area contributed by atoms with E-state index in [2.05, 4.69) is 15.3 Å². The largest absolute Gasteiger partial charge is 0.332 e. The van der Waals surface area contributed by atoms with Crippen LogP contribution in [0.25, 0.3) is 0 Å². The van der Waals surface area contributed by atoms with Crippen LogP contribution in [0.3, 0.4) is 0 Å². The molecule has 1 aromatic rings. The van der Waals surface area contributed by atoms with Crippen LogP contribution in [-0.2, 0) is 11.3 Å². The van der Waals surface area contributed by atoms with Gasteiger partial charge in [-0.05, 0) is 25.9 Å². The van der Waals surface area contributed by atoms with Gasteiger partial charge in [-0.3, -0.25) is 4.79 Å². The van der Waals surface area contributed by atoms with E-state index >= 15 is 0 Å². The normalized spacial score (nSPS) is 16.6. The molecule has 1 aliphatic heterocycles. The Hall–Kier alpha value is -1.56. The van der Waals surface area contributed by atoms with E-state index in [1.807, 2.05) is 0 Å². The first-order valence-corrected chi connectivity index (χ1v) is 6.11. The second-order valence-corrected chi connectivity index (χ2v) is 4.45. The number of nitrogens with one attached hydrogen (secondary N) is 1. The number of halogens is 1. The van der Waals surface area contributed by atoms with Crippen LogP contribution in [0.1, 0.15) is 25.6 Å². The third kappa shape index (κ3) is 3.22. The maximum absolute atomic E-state index is 12.7. The molecule has 1 N–H and O–H groups in total. The number of amides is 1. The van der Waals surface area contributed by atoms with Gasteiger partial charge in [-0.1, -0.05) is 0 Å². The number of aromatic nitrogens is 2. The molecule has 6 heteroatoms. The second kappa shape index (κ2) is 5.86. The summed E-state index contributed by atoms with van der Waals surface area (Å²) in [4.78, 5) is 21.3. The van der Waals surface area contributed by atoms with E-state index in [1.54, 1.807) is 11.8 Å². The standard InChI is InChI=1S/C12H17FN4O/c1-9(18)17(11-2-4-14-5-3-11)8-12-15-6-10(13)7-16-12/h6-7,11,14H,2-5,8H2,1H3. The molecule has 0 saturated carbocycles. The number of carbonyl (C=O) groups excluding carboxylic acids is 1. The van der Waals surface area contributed by atoms with E-state index in [-0.39, 0.29) is 11.9 Å². The Kier molecular flexibility index (Phi) is 4.19. The highest BCUT2D eigenvalue weighted by Gasteiger charge is 2.23. The van der Waals surface area contributed by atoms with Gasteiger partial charge in [0.2, 0.25) is 5.91 Å². The lowest BCUT2D eigenvalue weighted by molar-refractivity contribution is -0.132. The summed E-state index contributed by atoms with van der Waals surface area (Å²) in [5.74, 6) is 0.0231. The predicted molar refractivity (Wildman–Crippen MR) is 64.1 cm³/mol. The molecule has 1 fully saturated rings. The molecule has 2 heterocycles. The first-order chi connectivity index (χ1) is 8.66. The molecule has 0 radical (unpaired) electrons. The Morgan fingerprint density at radius 1 is 1.44 bits per heavy atom. The Labute approximate surface area is 105 Å². The summed E-state index contributed by atoms with van der Waals surface area (Å²) in [6.45, 7) is 3.73. The zero-order valence-corrected chi connectivity index (χ0v) is 10.4. The van der Waals surface area contributed by atoms with Crippen molar-refractivity contribution >= 4 is 5.91 Å². The van der Waals surface area contributed by atoms with Crippen molar-refractivity contribution in [2.24, 2.45) is 0 Å². The van der Waals surface area contributed by atoms with E-state index in [0.29, 0.717) is 12.4 Å². The fourth-order valence-corrected chi connectivity index (χ4v) is 2.19. The fourth-order valence-electron chi connectivity index (χ4n) is 2.19. The van der Waals surface area contributed by atoms with Gasteiger partial charge in [0.05, 0.1) is 18.9 Å². The molecule has 1 aliphatic rings. The average molecular weight is 252 g/mol. The first kappa shape index (κ1) is 12.9. The van der Waals surface area contributed by atoms with Gasteiger partial charge in [-0.2, -0.15) is 0 Å². The van der Waals surface area contributed by atoms with E-state index in [4.69, 9.17) is 0 Å². The highest BCUT2D eigenvalue weighted by Crippen LogP contribution is 2.14. The van der Waals surface area contributed by atoms with Crippen LogP contribution >= 0.6 is 0 Å². The molecule has 0 atom stereocenters. The quantitative estimate of drug-likeness (QED) is 0.861. The number of rotatable bonds is 3. The molecule has 5 nitrogen and oxygen atoms in total. The van der Waals surface area contributed by atoms with Gasteiger partial charge >= 0.3 is 0 Å². The van der Waals surface area contributed by atoms with Gasteiger partial charge < -0.3 is 10.2 Å². The van der Waals surface area contributed by atoms with Gasteiger partial charge in [0.25, 0.3) is 0 Å². The lowest BCUT2D eigenvalue weighted by Gasteiger charge is -2.33. The molecule has 0 spiro atoms. The van der Waals surface area contributed by atoms with E-state index < -0.39 is 5.82 Å². The van der Waals surface area contributed by atoms with Crippen molar-refractivity contribution in [3.63, 3.8) is 0 Å². The summed E-state index contributed by atoms with van der Waals surface area (Å²) in [5, 5.41) is 3.26. The van der Waals surface area contributed by atoms with Crippen molar-refractivity contribution in [3.05, 3.63) is 24.0 Å². The van der Waals surface area contributed by atoms with Crippen molar-refractivity contribution in [1.82, 2.24) is 20.2 Å². The van der Waals surface area contributed by atoms with Crippen LogP contribution in [-0.4, -0.2) is 39.9 Å². The monoisotopic (exact) mass is 252 g/mol. The number of nitrogens with zero attached hydrogens (tertiary/aromatic N) is 3. The maximum Gasteiger partial charge on any atom is 0.220 e. The fraction of sp³-hybridized carbons (Fsp3) is 0.583. The predicted octanol–water partition coefficient (Wildman–Crippen LogP) is 0.716. The van der Waals surface area contributed by atoms with Gasteiger partial charge in [-0.15, -0.1) is 0 Å². The molecule has 1 saturated heterocycles. The molecular weight excluding hydrogens is 235 g/mol. The summed E-state index contributed by atoms with van der Waals surface area (Å²) in [7, 11) is 0. The second-order valence-electron chi connectivity index (χ2n) is 4.45. The highest BCUT2D eigenvalue weighted by molar-refractivity contribution is 5.73. The van der Waals surface area contributed by atoms with Crippen molar-refractivity contribution in [2.45, 2.75) is 32.4 Å². The number of piperidine rings is 1. The highest BCUT2D eigenvalue weighted by atomic mass is 19.1. The molecule has 18 heavy (non-hydrogen) atoms. The number of carbonyl (C=O) groups is 1. The van der Waals surface area contributed by atoms with Crippen molar-refractivity contribution in [1.29, 1.82) is 0 Å². The van der Waals surface area contributed by atoms with Crippen LogP contribution < -0.4 is 5.32 Å². The number of hydrogen-bond donors (Lipinski definition) is 1. The summed E-state index contributed by atoms with van der Waals surface area (Å²) >= 11 is 0. The van der Waals surface area contributed by atoms with Crippen molar-refractivity contribution < 1.29 is 9.18 Å². The van der Waals surface area contributed by atoms with Gasteiger partial charge in [0.15, 0.2) is 5.82 Å². The molecule has 0 aliphatic carbocycles. The van der Waals surface area contributed by atoms with Gasteiger partial charge in [-0.25, -0.2) is 14.4 Å². The maximum atomic E-state index is 12.7. The third-order valence-electron chi connectivity index (χ3n) is 3.14. The zero-order chi connectivity index (χ0) is 13.0. The SMILES string of the molecule is CC(=O)N(Cc1ncc(F)cn1)C1CCNCC1. The zero-order valence-electron chi connectivity index (χ0n) is 10.4. The molecular formula is C12H17FN4O. The Bertz CT molecular complexity index is 403. The summed E-state index contributed by atoms with van der Waals surface area (Å²) in [6.07, 6.45) is 4.12. The molecule has 1 amide bonds. The van der Waals surface area contributed by atoms with E-state index in [9.17, 15) is 9.18 Å². The van der Waals surface area contributed by atoms with Crippen molar-refractivity contribution in [2.75, 3.05) is 13.1 Å². The molecule has 1 aromatic heterocycles. The van der Waals surface area contributed by atoms with Gasteiger partial charge in [0, 0.05) is 13.0 Å². The Balaban J connectivity index is 2.05. The minimum Gasteiger partial charge on any atom is -0.332 e.